The monoisotopic (exact) mass is 366 g/mol. The van der Waals surface area contributed by atoms with Crippen molar-refractivity contribution in [3.63, 3.8) is 0 Å². The maximum absolute atomic E-state index is 12.7. The van der Waals surface area contributed by atoms with Crippen molar-refractivity contribution in [1.82, 2.24) is 9.47 Å². The summed E-state index contributed by atoms with van der Waals surface area (Å²) < 4.78 is 1.99. The molecule has 0 unspecified atom stereocenters. The van der Waals surface area contributed by atoms with Gasteiger partial charge >= 0.3 is 0 Å². The van der Waals surface area contributed by atoms with E-state index in [2.05, 4.69) is 11.4 Å². The van der Waals surface area contributed by atoms with Gasteiger partial charge in [-0.25, -0.2) is 0 Å². The average molecular weight is 366 g/mol. The largest absolute Gasteiger partial charge is 0.395 e. The summed E-state index contributed by atoms with van der Waals surface area (Å²) in [5, 5.41) is 21.8. The molecule has 1 aliphatic rings. The molecular weight excluding hydrogens is 340 g/mol. The van der Waals surface area contributed by atoms with Crippen molar-refractivity contribution in [3.8, 4) is 6.07 Å². The van der Waals surface area contributed by atoms with Crippen LogP contribution in [-0.4, -0.2) is 46.2 Å². The Labute approximate surface area is 160 Å². The maximum Gasteiger partial charge on any atom is 0.239 e. The lowest BCUT2D eigenvalue weighted by Crippen LogP contribution is -2.37. The van der Waals surface area contributed by atoms with E-state index in [1.165, 1.54) is 0 Å². The molecule has 142 valence electrons. The van der Waals surface area contributed by atoms with E-state index in [-0.39, 0.29) is 19.1 Å². The number of rotatable bonds is 8. The number of carbonyl (C=O) groups excluding carboxylic acids is 1. The van der Waals surface area contributed by atoms with Crippen molar-refractivity contribution in [2.45, 2.75) is 39.3 Å². The number of aromatic nitrogens is 1. The van der Waals surface area contributed by atoms with E-state index in [1.54, 1.807) is 0 Å². The number of hydrogen-bond donors (Lipinski definition) is 2. The Kier molecular flexibility index (Phi) is 5.94. The molecule has 6 nitrogen and oxygen atoms in total. The molecule has 1 aliphatic carbocycles. The molecule has 0 bridgehead atoms. The van der Waals surface area contributed by atoms with Gasteiger partial charge < -0.3 is 15.0 Å². The van der Waals surface area contributed by atoms with E-state index in [0.717, 1.165) is 29.7 Å². The number of hydrogen-bond acceptors (Lipinski definition) is 4. The second kappa shape index (κ2) is 8.38. The normalized spacial score (nSPS) is 13.6. The van der Waals surface area contributed by atoms with Crippen LogP contribution in [0.5, 0.6) is 0 Å². The first-order chi connectivity index (χ1) is 13.0. The molecule has 1 aromatic heterocycles. The molecule has 0 spiro atoms. The van der Waals surface area contributed by atoms with Crippen LogP contribution >= 0.6 is 0 Å². The zero-order valence-electron chi connectivity index (χ0n) is 15.9. The van der Waals surface area contributed by atoms with E-state index in [9.17, 15) is 15.2 Å². The van der Waals surface area contributed by atoms with Gasteiger partial charge in [0.05, 0.1) is 18.7 Å². The van der Waals surface area contributed by atoms with Crippen molar-refractivity contribution < 1.29 is 9.90 Å². The predicted octanol–water partition coefficient (Wildman–Crippen LogP) is 2.42. The van der Waals surface area contributed by atoms with Crippen LogP contribution < -0.4 is 5.32 Å². The number of aliphatic hydroxyl groups excluding tert-OH is 1. The van der Waals surface area contributed by atoms with Gasteiger partial charge in [-0.05, 0) is 37.8 Å². The highest BCUT2D eigenvalue weighted by Crippen LogP contribution is 2.28. The first-order valence-electron chi connectivity index (χ1n) is 9.33. The van der Waals surface area contributed by atoms with Crippen molar-refractivity contribution >= 4 is 11.7 Å². The van der Waals surface area contributed by atoms with Crippen molar-refractivity contribution in [2.24, 2.45) is 0 Å². The highest BCUT2D eigenvalue weighted by atomic mass is 16.3. The van der Waals surface area contributed by atoms with Gasteiger partial charge in [0.2, 0.25) is 5.91 Å². The highest BCUT2D eigenvalue weighted by Gasteiger charge is 2.30. The minimum absolute atomic E-state index is 0.0375. The fourth-order valence-corrected chi connectivity index (χ4v) is 3.41. The minimum atomic E-state index is -0.154. The molecule has 1 amide bonds. The average Bonchev–Trinajstić information content (AvgIpc) is 3.48. The van der Waals surface area contributed by atoms with E-state index in [4.69, 9.17) is 0 Å². The molecule has 27 heavy (non-hydrogen) atoms. The zero-order valence-corrected chi connectivity index (χ0v) is 15.9. The second-order valence-electron chi connectivity index (χ2n) is 7.09. The van der Waals surface area contributed by atoms with Gasteiger partial charge in [-0.15, -0.1) is 0 Å². The van der Waals surface area contributed by atoms with E-state index in [0.29, 0.717) is 30.5 Å². The third-order valence-electron chi connectivity index (χ3n) is 5.18. The summed E-state index contributed by atoms with van der Waals surface area (Å²) in [5.74, 6) is 0.403. The Balaban J connectivity index is 1.83. The van der Waals surface area contributed by atoms with Crippen LogP contribution in [0.25, 0.3) is 0 Å². The number of nitrogens with zero attached hydrogens (tertiary/aromatic N) is 3. The predicted molar refractivity (Wildman–Crippen MR) is 104 cm³/mol. The Bertz CT molecular complexity index is 847. The number of anilines is 1. The zero-order chi connectivity index (χ0) is 19.4. The van der Waals surface area contributed by atoms with Crippen LogP contribution in [0.15, 0.2) is 30.3 Å². The van der Waals surface area contributed by atoms with Gasteiger partial charge in [-0.1, -0.05) is 30.3 Å². The molecule has 2 aromatic rings. The highest BCUT2D eigenvalue weighted by molar-refractivity contribution is 5.93. The number of aliphatic hydroxyl groups is 1. The quantitative estimate of drug-likeness (QED) is 0.752. The number of carbonyl (C=O) groups is 1. The minimum Gasteiger partial charge on any atom is -0.395 e. The topological polar surface area (TPSA) is 81.3 Å². The molecule has 0 aliphatic heterocycles. The van der Waals surface area contributed by atoms with E-state index in [1.807, 2.05) is 53.6 Å². The van der Waals surface area contributed by atoms with Crippen LogP contribution in [0.4, 0.5) is 5.82 Å². The van der Waals surface area contributed by atoms with Crippen molar-refractivity contribution in [1.29, 1.82) is 5.26 Å². The number of amides is 1. The second-order valence-corrected chi connectivity index (χ2v) is 7.09. The summed E-state index contributed by atoms with van der Waals surface area (Å²) in [6.07, 6.45) is 2.14. The summed E-state index contributed by atoms with van der Waals surface area (Å²) in [5.41, 5.74) is 3.48. The molecule has 6 heteroatoms. The van der Waals surface area contributed by atoms with Crippen molar-refractivity contribution in [3.05, 3.63) is 52.7 Å². The SMILES string of the molecule is Cc1c(C#N)c(NC(=O)CN(CCO)C2CC2)n(Cc2ccccc2)c1C. The molecule has 2 N–H and O–H groups in total. The summed E-state index contributed by atoms with van der Waals surface area (Å²) in [4.78, 5) is 14.7. The molecule has 1 heterocycles. The van der Waals surface area contributed by atoms with Crippen LogP contribution in [0.1, 0.15) is 35.2 Å². The molecule has 0 saturated heterocycles. The van der Waals surface area contributed by atoms with Gasteiger partial charge in [0.1, 0.15) is 11.9 Å². The fraction of sp³-hybridized carbons (Fsp3) is 0.429. The lowest BCUT2D eigenvalue weighted by molar-refractivity contribution is -0.117. The van der Waals surface area contributed by atoms with Crippen LogP contribution in [0, 0.1) is 25.2 Å². The lowest BCUT2D eigenvalue weighted by Gasteiger charge is -2.20. The Morgan fingerprint density at radius 3 is 2.63 bits per heavy atom. The fourth-order valence-electron chi connectivity index (χ4n) is 3.41. The van der Waals surface area contributed by atoms with E-state index >= 15 is 0 Å². The van der Waals surface area contributed by atoms with Crippen LogP contribution in [-0.2, 0) is 11.3 Å². The molecule has 1 fully saturated rings. The Morgan fingerprint density at radius 1 is 1.33 bits per heavy atom. The molecule has 0 radical (unpaired) electrons. The summed E-state index contributed by atoms with van der Waals surface area (Å²) in [6, 6.07) is 12.6. The molecule has 1 saturated carbocycles. The summed E-state index contributed by atoms with van der Waals surface area (Å²) in [6.45, 7) is 5.23. The van der Waals surface area contributed by atoms with Crippen molar-refractivity contribution in [2.75, 3.05) is 25.0 Å². The van der Waals surface area contributed by atoms with E-state index < -0.39 is 0 Å². The first kappa shape index (κ1) is 19.2. The van der Waals surface area contributed by atoms with Gasteiger partial charge in [0.15, 0.2) is 0 Å². The molecule has 1 aromatic carbocycles. The van der Waals surface area contributed by atoms with Gasteiger partial charge in [0, 0.05) is 24.8 Å². The van der Waals surface area contributed by atoms with Gasteiger partial charge in [-0.2, -0.15) is 5.26 Å². The van der Waals surface area contributed by atoms with Gasteiger partial charge in [0.25, 0.3) is 0 Å². The summed E-state index contributed by atoms with van der Waals surface area (Å²) in [7, 11) is 0. The Morgan fingerprint density at radius 2 is 2.04 bits per heavy atom. The number of nitriles is 1. The van der Waals surface area contributed by atoms with Crippen LogP contribution in [0.3, 0.4) is 0 Å². The maximum atomic E-state index is 12.7. The number of benzene rings is 1. The smallest absolute Gasteiger partial charge is 0.239 e. The molecule has 3 rings (SSSR count). The summed E-state index contributed by atoms with van der Waals surface area (Å²) >= 11 is 0. The Hall–Kier alpha value is -2.62. The number of nitrogens with one attached hydrogen (secondary N) is 1. The molecular formula is C21H26N4O2. The first-order valence-corrected chi connectivity index (χ1v) is 9.33. The van der Waals surface area contributed by atoms with Crippen LogP contribution in [0.2, 0.25) is 0 Å². The third kappa shape index (κ3) is 4.38. The molecule has 0 atom stereocenters. The third-order valence-corrected chi connectivity index (χ3v) is 5.18. The van der Waals surface area contributed by atoms with Gasteiger partial charge in [-0.3, -0.25) is 9.69 Å². The lowest BCUT2D eigenvalue weighted by atomic mass is 10.2. The standard InChI is InChI=1S/C21H26N4O2/c1-15-16(2)25(13-17-6-4-3-5-7-17)21(19(15)12-22)23-20(27)14-24(10-11-26)18-8-9-18/h3-7,18,26H,8-11,13-14H2,1-2H3,(H,23,27).